The predicted molar refractivity (Wildman–Crippen MR) is 104 cm³/mol. The third kappa shape index (κ3) is 4.10. The summed E-state index contributed by atoms with van der Waals surface area (Å²) in [6, 6.07) is 10.6. The van der Waals surface area contributed by atoms with E-state index in [9.17, 15) is 4.79 Å². The van der Waals surface area contributed by atoms with Crippen molar-refractivity contribution >= 4 is 63.2 Å². The first-order chi connectivity index (χ1) is 12.0. The number of rotatable bonds is 3. The van der Waals surface area contributed by atoms with Crippen LogP contribution < -0.4 is 10.6 Å². The SMILES string of the molecule is CCC(=O)NC(=S)Nc1cccc(-c2nc3cc(Cl)cc(Cl)c3o2)c1. The fraction of sp³-hybridized carbons (Fsp3) is 0.118. The molecule has 1 aromatic heterocycles. The fourth-order valence-corrected chi connectivity index (χ4v) is 2.94. The van der Waals surface area contributed by atoms with Crippen molar-refractivity contribution < 1.29 is 9.21 Å². The number of amides is 1. The van der Waals surface area contributed by atoms with Gasteiger partial charge in [0.25, 0.3) is 0 Å². The van der Waals surface area contributed by atoms with Crippen LogP contribution >= 0.6 is 35.4 Å². The number of hydrogen-bond donors (Lipinski definition) is 2. The monoisotopic (exact) mass is 393 g/mol. The summed E-state index contributed by atoms with van der Waals surface area (Å²) in [6.45, 7) is 1.75. The first kappa shape index (κ1) is 17.7. The molecule has 0 aliphatic heterocycles. The number of thiocarbonyl (C=S) groups is 1. The van der Waals surface area contributed by atoms with Gasteiger partial charge in [0, 0.05) is 22.7 Å². The third-order valence-electron chi connectivity index (χ3n) is 3.35. The van der Waals surface area contributed by atoms with Crippen LogP contribution in [0.15, 0.2) is 40.8 Å². The van der Waals surface area contributed by atoms with Crippen LogP contribution in [0.3, 0.4) is 0 Å². The van der Waals surface area contributed by atoms with Gasteiger partial charge in [-0.1, -0.05) is 36.2 Å². The van der Waals surface area contributed by atoms with Crippen molar-refractivity contribution in [3.8, 4) is 11.5 Å². The Hall–Kier alpha value is -2.15. The molecule has 1 heterocycles. The molecule has 3 rings (SSSR count). The summed E-state index contributed by atoms with van der Waals surface area (Å²) < 4.78 is 5.75. The van der Waals surface area contributed by atoms with E-state index >= 15 is 0 Å². The highest BCUT2D eigenvalue weighted by molar-refractivity contribution is 7.80. The molecule has 128 valence electrons. The predicted octanol–water partition coefficient (Wildman–Crippen LogP) is 5.02. The molecule has 25 heavy (non-hydrogen) atoms. The largest absolute Gasteiger partial charge is 0.435 e. The number of nitrogens with one attached hydrogen (secondary N) is 2. The highest BCUT2D eigenvalue weighted by Gasteiger charge is 2.13. The van der Waals surface area contributed by atoms with Crippen LogP contribution in [0, 0.1) is 0 Å². The number of nitrogens with zero attached hydrogens (tertiary/aromatic N) is 1. The number of benzene rings is 2. The van der Waals surface area contributed by atoms with E-state index in [1.807, 2.05) is 24.3 Å². The van der Waals surface area contributed by atoms with E-state index in [2.05, 4.69) is 15.6 Å². The maximum atomic E-state index is 11.4. The second-order valence-corrected chi connectivity index (χ2v) is 6.44. The summed E-state index contributed by atoms with van der Waals surface area (Å²) in [6.07, 6.45) is 0.355. The molecule has 0 radical (unpaired) electrons. The molecule has 0 unspecified atom stereocenters. The molecule has 3 aromatic rings. The third-order valence-corrected chi connectivity index (χ3v) is 4.05. The van der Waals surface area contributed by atoms with E-state index in [1.165, 1.54) is 0 Å². The van der Waals surface area contributed by atoms with Crippen molar-refractivity contribution in [2.75, 3.05) is 5.32 Å². The summed E-state index contributed by atoms with van der Waals surface area (Å²) in [7, 11) is 0. The van der Waals surface area contributed by atoms with E-state index < -0.39 is 0 Å². The number of oxazole rings is 1. The Morgan fingerprint density at radius 1 is 1.28 bits per heavy atom. The second-order valence-electron chi connectivity index (χ2n) is 5.19. The Morgan fingerprint density at radius 3 is 2.84 bits per heavy atom. The molecule has 0 aliphatic rings. The quantitative estimate of drug-likeness (QED) is 0.611. The number of anilines is 1. The maximum Gasteiger partial charge on any atom is 0.227 e. The van der Waals surface area contributed by atoms with Crippen molar-refractivity contribution in [3.05, 3.63) is 46.4 Å². The lowest BCUT2D eigenvalue weighted by Gasteiger charge is -2.09. The number of fused-ring (bicyclic) bond motifs is 1. The molecule has 2 aromatic carbocycles. The molecule has 0 atom stereocenters. The highest BCUT2D eigenvalue weighted by atomic mass is 35.5. The lowest BCUT2D eigenvalue weighted by molar-refractivity contribution is -0.119. The Kier molecular flexibility index (Phi) is 5.22. The zero-order chi connectivity index (χ0) is 18.0. The molecule has 8 heteroatoms. The normalized spacial score (nSPS) is 10.7. The highest BCUT2D eigenvalue weighted by Crippen LogP contribution is 2.32. The number of carbonyl (C=O) groups is 1. The van der Waals surface area contributed by atoms with Crippen molar-refractivity contribution in [2.45, 2.75) is 13.3 Å². The van der Waals surface area contributed by atoms with Gasteiger partial charge in [-0.05, 0) is 42.5 Å². The number of aromatic nitrogens is 1. The number of carbonyl (C=O) groups excluding carboxylic acids is 1. The van der Waals surface area contributed by atoms with E-state index in [-0.39, 0.29) is 11.0 Å². The zero-order valence-corrected chi connectivity index (χ0v) is 15.4. The van der Waals surface area contributed by atoms with Crippen LogP contribution in [0.25, 0.3) is 22.6 Å². The van der Waals surface area contributed by atoms with Gasteiger partial charge in [-0.2, -0.15) is 0 Å². The van der Waals surface area contributed by atoms with Crippen molar-refractivity contribution in [2.24, 2.45) is 0 Å². The maximum absolute atomic E-state index is 11.4. The number of halogens is 2. The molecular formula is C17H13Cl2N3O2S. The van der Waals surface area contributed by atoms with Gasteiger partial charge in [-0.25, -0.2) is 4.98 Å². The average molecular weight is 394 g/mol. The first-order valence-corrected chi connectivity index (χ1v) is 8.59. The summed E-state index contributed by atoms with van der Waals surface area (Å²) in [5.41, 5.74) is 2.49. The molecule has 1 amide bonds. The molecule has 0 aliphatic carbocycles. The molecule has 5 nitrogen and oxygen atoms in total. The van der Waals surface area contributed by atoms with Crippen LogP contribution in [-0.2, 0) is 4.79 Å². The second kappa shape index (κ2) is 7.39. The van der Waals surface area contributed by atoms with E-state index in [0.717, 1.165) is 5.56 Å². The van der Waals surface area contributed by atoms with Crippen LogP contribution in [-0.4, -0.2) is 16.0 Å². The van der Waals surface area contributed by atoms with E-state index in [0.29, 0.717) is 39.1 Å². The van der Waals surface area contributed by atoms with Crippen molar-refractivity contribution in [3.63, 3.8) is 0 Å². The van der Waals surface area contributed by atoms with Gasteiger partial charge in [0.05, 0.1) is 5.02 Å². The van der Waals surface area contributed by atoms with Gasteiger partial charge in [0.1, 0.15) is 5.52 Å². The van der Waals surface area contributed by atoms with Crippen LogP contribution in [0.1, 0.15) is 13.3 Å². The standard InChI is InChI=1S/C17H13Cl2N3O2S/c1-2-14(23)22-17(25)20-11-5-3-4-9(6-11)16-21-13-8-10(18)7-12(19)15(13)24-16/h3-8H,2H2,1H3,(H2,20,22,23,25). The van der Waals surface area contributed by atoms with E-state index in [1.54, 1.807) is 19.1 Å². The van der Waals surface area contributed by atoms with Crippen molar-refractivity contribution in [1.29, 1.82) is 0 Å². The Balaban J connectivity index is 1.88. The molecule has 2 N–H and O–H groups in total. The Morgan fingerprint density at radius 2 is 2.08 bits per heavy atom. The first-order valence-electron chi connectivity index (χ1n) is 7.43. The van der Waals surface area contributed by atoms with Crippen LogP contribution in [0.2, 0.25) is 10.0 Å². The van der Waals surface area contributed by atoms with Gasteiger partial charge in [0.15, 0.2) is 10.7 Å². The Bertz CT molecular complexity index is 972. The summed E-state index contributed by atoms with van der Waals surface area (Å²) in [5, 5.41) is 6.66. The van der Waals surface area contributed by atoms with Crippen LogP contribution in [0.4, 0.5) is 5.69 Å². The molecule has 0 spiro atoms. The summed E-state index contributed by atoms with van der Waals surface area (Å²) in [4.78, 5) is 15.8. The van der Waals surface area contributed by atoms with Gasteiger partial charge in [0.2, 0.25) is 11.8 Å². The summed E-state index contributed by atoms with van der Waals surface area (Å²) in [5.74, 6) is 0.255. The van der Waals surface area contributed by atoms with Gasteiger partial charge in [-0.3, -0.25) is 4.79 Å². The fourth-order valence-electron chi connectivity index (χ4n) is 2.19. The molecule has 0 saturated carbocycles. The lowest BCUT2D eigenvalue weighted by Crippen LogP contribution is -2.33. The average Bonchev–Trinajstić information content (AvgIpc) is 2.99. The van der Waals surface area contributed by atoms with Gasteiger partial charge in [-0.15, -0.1) is 0 Å². The van der Waals surface area contributed by atoms with Crippen molar-refractivity contribution in [1.82, 2.24) is 10.3 Å². The molecular weight excluding hydrogens is 381 g/mol. The summed E-state index contributed by atoms with van der Waals surface area (Å²) >= 11 is 17.2. The van der Waals surface area contributed by atoms with E-state index in [4.69, 9.17) is 39.8 Å². The smallest absolute Gasteiger partial charge is 0.227 e. The topological polar surface area (TPSA) is 67.2 Å². The van der Waals surface area contributed by atoms with Gasteiger partial charge < -0.3 is 15.1 Å². The van der Waals surface area contributed by atoms with Gasteiger partial charge >= 0.3 is 0 Å². The molecule has 0 saturated heterocycles. The number of hydrogen-bond acceptors (Lipinski definition) is 4. The minimum absolute atomic E-state index is 0.154. The molecule has 0 fully saturated rings. The minimum atomic E-state index is -0.154. The lowest BCUT2D eigenvalue weighted by atomic mass is 10.2. The zero-order valence-electron chi connectivity index (χ0n) is 13.1. The Labute approximate surface area is 159 Å². The minimum Gasteiger partial charge on any atom is -0.435 e. The van der Waals surface area contributed by atoms with Crippen LogP contribution in [0.5, 0.6) is 0 Å². The molecule has 0 bridgehead atoms.